The van der Waals surface area contributed by atoms with Crippen LogP contribution in [-0.2, 0) is 6.61 Å². The zero-order valence-corrected chi connectivity index (χ0v) is 18.7. The van der Waals surface area contributed by atoms with E-state index in [2.05, 4.69) is 22.0 Å². The van der Waals surface area contributed by atoms with Crippen molar-refractivity contribution in [1.29, 1.82) is 5.26 Å². The van der Waals surface area contributed by atoms with Gasteiger partial charge in [0.2, 0.25) is 0 Å². The number of benzene rings is 3. The zero-order valence-electron chi connectivity index (χ0n) is 17.1. The molecule has 7 heteroatoms. The van der Waals surface area contributed by atoms with Gasteiger partial charge in [-0.1, -0.05) is 40.2 Å². The van der Waals surface area contributed by atoms with Crippen LogP contribution in [-0.4, -0.2) is 17.7 Å². The Bertz CT molecular complexity index is 1180. The molecule has 0 amide bonds. The third-order valence-corrected chi connectivity index (χ3v) is 5.22. The van der Waals surface area contributed by atoms with Crippen molar-refractivity contribution in [1.82, 2.24) is 0 Å². The maximum Gasteiger partial charge on any atom is 0.335 e. The van der Waals surface area contributed by atoms with E-state index in [-0.39, 0.29) is 18.0 Å². The fraction of sp³-hybridized carbons (Fsp3) is 0.120. The third-order valence-electron chi connectivity index (χ3n) is 4.53. The van der Waals surface area contributed by atoms with Crippen LogP contribution in [0.4, 0.5) is 4.39 Å². The molecule has 0 bridgehead atoms. The van der Waals surface area contributed by atoms with E-state index in [4.69, 9.17) is 14.6 Å². The van der Waals surface area contributed by atoms with E-state index < -0.39 is 5.97 Å². The van der Waals surface area contributed by atoms with E-state index >= 15 is 0 Å². The number of aromatic carboxylic acids is 1. The highest BCUT2D eigenvalue weighted by molar-refractivity contribution is 9.10. The summed E-state index contributed by atoms with van der Waals surface area (Å²) in [6, 6.07) is 17.8. The fourth-order valence-electron chi connectivity index (χ4n) is 2.91. The van der Waals surface area contributed by atoms with Gasteiger partial charge in [-0.3, -0.25) is 0 Å². The summed E-state index contributed by atoms with van der Waals surface area (Å²) in [6.45, 7) is 2.51. The van der Waals surface area contributed by atoms with Crippen LogP contribution in [0.5, 0.6) is 11.5 Å². The molecular weight excluding hydrogens is 477 g/mol. The summed E-state index contributed by atoms with van der Waals surface area (Å²) in [7, 11) is 0. The minimum atomic E-state index is -1.03. The predicted octanol–water partition coefficient (Wildman–Crippen LogP) is 6.33. The Hall–Kier alpha value is -3.63. The van der Waals surface area contributed by atoms with Gasteiger partial charge in [0.1, 0.15) is 12.4 Å². The minimum Gasteiger partial charge on any atom is -0.490 e. The number of allylic oxidation sites excluding steroid dienone is 1. The molecule has 0 fully saturated rings. The number of carbonyl (C=O) groups is 1. The number of carboxylic acids is 1. The molecule has 5 nitrogen and oxygen atoms in total. The van der Waals surface area contributed by atoms with Crippen molar-refractivity contribution >= 4 is 33.5 Å². The summed E-state index contributed by atoms with van der Waals surface area (Å²) >= 11 is 3.51. The highest BCUT2D eigenvalue weighted by atomic mass is 79.9. The number of nitrogens with zero attached hydrogens (tertiary/aromatic N) is 1. The number of ether oxygens (including phenoxy) is 2. The molecule has 3 rings (SSSR count). The number of carboxylic acid groups (broad SMARTS) is 1. The molecule has 0 heterocycles. The van der Waals surface area contributed by atoms with Gasteiger partial charge in [0.05, 0.1) is 23.8 Å². The van der Waals surface area contributed by atoms with Crippen LogP contribution >= 0.6 is 15.9 Å². The molecular formula is C25H19BrFNO4. The molecule has 0 saturated carbocycles. The second-order valence-electron chi connectivity index (χ2n) is 6.72. The van der Waals surface area contributed by atoms with Crippen LogP contribution in [0.15, 0.2) is 65.1 Å². The summed E-state index contributed by atoms with van der Waals surface area (Å²) in [6.07, 6.45) is 1.69. The maximum atomic E-state index is 13.1. The number of hydrogen-bond acceptors (Lipinski definition) is 4. The average molecular weight is 496 g/mol. The summed E-state index contributed by atoms with van der Waals surface area (Å²) < 4.78 is 25.4. The zero-order chi connectivity index (χ0) is 23.1. The monoisotopic (exact) mass is 495 g/mol. The second kappa shape index (κ2) is 10.6. The van der Waals surface area contributed by atoms with Crippen LogP contribution < -0.4 is 9.47 Å². The van der Waals surface area contributed by atoms with Gasteiger partial charge in [0.15, 0.2) is 11.5 Å². The number of rotatable bonds is 8. The Morgan fingerprint density at radius 1 is 1.06 bits per heavy atom. The molecule has 1 N–H and O–H groups in total. The van der Waals surface area contributed by atoms with Crippen LogP contribution in [0, 0.1) is 17.1 Å². The van der Waals surface area contributed by atoms with Crippen molar-refractivity contribution in [2.45, 2.75) is 13.5 Å². The highest BCUT2D eigenvalue weighted by Gasteiger charge is 2.12. The van der Waals surface area contributed by atoms with Crippen LogP contribution in [0.1, 0.15) is 34.0 Å². The first kappa shape index (κ1) is 23.0. The van der Waals surface area contributed by atoms with Gasteiger partial charge in [0, 0.05) is 4.47 Å². The lowest BCUT2D eigenvalue weighted by Gasteiger charge is -2.14. The maximum absolute atomic E-state index is 13.1. The minimum absolute atomic E-state index is 0.147. The summed E-state index contributed by atoms with van der Waals surface area (Å²) in [4.78, 5) is 11.0. The second-order valence-corrected chi connectivity index (χ2v) is 7.58. The first-order valence-electron chi connectivity index (χ1n) is 9.70. The van der Waals surface area contributed by atoms with Gasteiger partial charge in [0.25, 0.3) is 0 Å². The van der Waals surface area contributed by atoms with E-state index in [0.717, 1.165) is 5.56 Å². The van der Waals surface area contributed by atoms with Crippen molar-refractivity contribution < 1.29 is 23.8 Å². The highest BCUT2D eigenvalue weighted by Crippen LogP contribution is 2.36. The largest absolute Gasteiger partial charge is 0.490 e. The van der Waals surface area contributed by atoms with E-state index in [1.165, 1.54) is 24.3 Å². The number of halogens is 2. The topological polar surface area (TPSA) is 79.5 Å². The van der Waals surface area contributed by atoms with E-state index in [9.17, 15) is 14.4 Å². The Morgan fingerprint density at radius 2 is 1.69 bits per heavy atom. The third kappa shape index (κ3) is 5.74. The van der Waals surface area contributed by atoms with Crippen LogP contribution in [0.3, 0.4) is 0 Å². The fourth-order valence-corrected chi connectivity index (χ4v) is 3.35. The predicted molar refractivity (Wildman–Crippen MR) is 123 cm³/mol. The first-order chi connectivity index (χ1) is 15.4. The Morgan fingerprint density at radius 3 is 2.28 bits per heavy atom. The van der Waals surface area contributed by atoms with E-state index in [1.807, 2.05) is 6.92 Å². The lowest BCUT2D eigenvalue weighted by atomic mass is 10.0. The Balaban J connectivity index is 1.90. The van der Waals surface area contributed by atoms with E-state index in [0.29, 0.717) is 39.3 Å². The van der Waals surface area contributed by atoms with Gasteiger partial charge < -0.3 is 14.6 Å². The van der Waals surface area contributed by atoms with Crippen LogP contribution in [0.2, 0.25) is 0 Å². The average Bonchev–Trinajstić information content (AvgIpc) is 2.79. The standard InChI is InChI=1S/C25H19BrFNO4/c1-2-31-23-12-19(11-20(14-28)17-5-7-18(8-6-17)25(29)30)22(26)13-24(23)32-15-16-3-9-21(27)10-4-16/h3-13H,2,15H2,1H3,(H,29,30)/b20-11-. The number of hydrogen-bond donors (Lipinski definition) is 1. The van der Waals surface area contributed by atoms with Crippen molar-refractivity contribution in [2.24, 2.45) is 0 Å². The Labute approximate surface area is 193 Å². The first-order valence-corrected chi connectivity index (χ1v) is 10.5. The molecule has 3 aromatic carbocycles. The van der Waals surface area contributed by atoms with Gasteiger partial charge in [-0.05, 0) is 66.1 Å². The molecule has 0 aliphatic rings. The van der Waals surface area contributed by atoms with Gasteiger partial charge >= 0.3 is 5.97 Å². The molecule has 0 saturated heterocycles. The molecule has 0 aliphatic heterocycles. The summed E-state index contributed by atoms with van der Waals surface area (Å²) in [5.74, 6) is -0.333. The summed E-state index contributed by atoms with van der Waals surface area (Å²) in [5.41, 5.74) is 2.62. The smallest absolute Gasteiger partial charge is 0.335 e. The van der Waals surface area contributed by atoms with E-state index in [1.54, 1.807) is 42.5 Å². The molecule has 32 heavy (non-hydrogen) atoms. The SMILES string of the molecule is CCOc1cc(/C=C(/C#N)c2ccc(C(=O)O)cc2)c(Br)cc1OCc1ccc(F)cc1. The van der Waals surface area contributed by atoms with Crippen molar-refractivity contribution in [2.75, 3.05) is 6.61 Å². The van der Waals surface area contributed by atoms with Gasteiger partial charge in [-0.25, -0.2) is 9.18 Å². The lowest BCUT2D eigenvalue weighted by molar-refractivity contribution is 0.0697. The van der Waals surface area contributed by atoms with Crippen molar-refractivity contribution in [3.05, 3.63) is 93.2 Å². The molecule has 0 aliphatic carbocycles. The summed E-state index contributed by atoms with van der Waals surface area (Å²) in [5, 5.41) is 18.7. The van der Waals surface area contributed by atoms with Gasteiger partial charge in [-0.15, -0.1) is 0 Å². The van der Waals surface area contributed by atoms with Crippen LogP contribution in [0.25, 0.3) is 11.6 Å². The molecule has 0 spiro atoms. The normalized spacial score (nSPS) is 11.0. The molecule has 3 aromatic rings. The molecule has 0 unspecified atom stereocenters. The Kier molecular flexibility index (Phi) is 7.63. The van der Waals surface area contributed by atoms with Gasteiger partial charge in [-0.2, -0.15) is 5.26 Å². The quantitative estimate of drug-likeness (QED) is 0.291. The molecule has 0 radical (unpaired) electrons. The number of nitriles is 1. The van der Waals surface area contributed by atoms with Crippen molar-refractivity contribution in [3.63, 3.8) is 0 Å². The lowest BCUT2D eigenvalue weighted by Crippen LogP contribution is -2.00. The molecule has 0 atom stereocenters. The van der Waals surface area contributed by atoms with Crippen molar-refractivity contribution in [3.8, 4) is 17.6 Å². The molecule has 162 valence electrons. The molecule has 0 aromatic heterocycles.